The van der Waals surface area contributed by atoms with Gasteiger partial charge in [0.1, 0.15) is 12.3 Å². The van der Waals surface area contributed by atoms with Gasteiger partial charge in [-0.05, 0) is 69.0 Å². The third kappa shape index (κ3) is 7.54. The van der Waals surface area contributed by atoms with E-state index in [1.165, 1.54) is 0 Å². The number of carbonyl (C=O) groups excluding carboxylic acids is 1. The summed E-state index contributed by atoms with van der Waals surface area (Å²) in [6.45, 7) is 5.95. The zero-order valence-electron chi connectivity index (χ0n) is 17.8. The monoisotopic (exact) mass is 452 g/mol. The van der Waals surface area contributed by atoms with Crippen molar-refractivity contribution in [2.75, 3.05) is 23.7 Å². The third-order valence-corrected chi connectivity index (χ3v) is 5.94. The fourth-order valence-electron chi connectivity index (χ4n) is 2.85. The first-order valence-corrected chi connectivity index (χ1v) is 12.0. The predicted molar refractivity (Wildman–Crippen MR) is 122 cm³/mol. The van der Waals surface area contributed by atoms with Gasteiger partial charge in [0.2, 0.25) is 15.9 Å². The molecule has 30 heavy (non-hydrogen) atoms. The van der Waals surface area contributed by atoms with Crippen molar-refractivity contribution in [2.45, 2.75) is 39.7 Å². The SMILES string of the molecule is Cc1ccc(N(CC(=O)NCCCc2ccc(OC(C)C)cc2)S(C)(=O)=O)cc1Cl. The number of sulfonamides is 1. The molecule has 0 saturated heterocycles. The van der Waals surface area contributed by atoms with E-state index >= 15 is 0 Å². The molecule has 164 valence electrons. The van der Waals surface area contributed by atoms with Crippen LogP contribution in [0.5, 0.6) is 5.75 Å². The van der Waals surface area contributed by atoms with Crippen molar-refractivity contribution in [3.63, 3.8) is 0 Å². The highest BCUT2D eigenvalue weighted by molar-refractivity contribution is 7.92. The van der Waals surface area contributed by atoms with Crippen LogP contribution in [0.3, 0.4) is 0 Å². The molecular formula is C22H29ClN2O4S. The molecule has 0 heterocycles. The lowest BCUT2D eigenvalue weighted by molar-refractivity contribution is -0.119. The van der Waals surface area contributed by atoms with Crippen LogP contribution in [0.4, 0.5) is 5.69 Å². The molecule has 0 aliphatic heterocycles. The van der Waals surface area contributed by atoms with Crippen molar-refractivity contribution in [1.29, 1.82) is 0 Å². The summed E-state index contributed by atoms with van der Waals surface area (Å²) in [5, 5.41) is 3.24. The maximum absolute atomic E-state index is 12.3. The zero-order valence-corrected chi connectivity index (χ0v) is 19.4. The number of hydrogen-bond donors (Lipinski definition) is 1. The summed E-state index contributed by atoms with van der Waals surface area (Å²) in [5.41, 5.74) is 2.35. The van der Waals surface area contributed by atoms with Crippen molar-refractivity contribution < 1.29 is 17.9 Å². The first kappa shape index (κ1) is 24.0. The van der Waals surface area contributed by atoms with Gasteiger partial charge in [0.25, 0.3) is 0 Å². The summed E-state index contributed by atoms with van der Waals surface area (Å²) in [7, 11) is -3.63. The van der Waals surface area contributed by atoms with Crippen LogP contribution in [-0.4, -0.2) is 39.8 Å². The maximum Gasteiger partial charge on any atom is 0.240 e. The number of ether oxygens (including phenoxy) is 1. The highest BCUT2D eigenvalue weighted by Crippen LogP contribution is 2.24. The van der Waals surface area contributed by atoms with Gasteiger partial charge < -0.3 is 10.1 Å². The highest BCUT2D eigenvalue weighted by Gasteiger charge is 2.21. The molecule has 0 fully saturated rings. The van der Waals surface area contributed by atoms with E-state index in [4.69, 9.17) is 16.3 Å². The zero-order chi connectivity index (χ0) is 22.3. The van der Waals surface area contributed by atoms with Gasteiger partial charge in [-0.3, -0.25) is 9.10 Å². The van der Waals surface area contributed by atoms with Gasteiger partial charge in [-0.25, -0.2) is 8.42 Å². The molecule has 0 unspecified atom stereocenters. The Morgan fingerprint density at radius 1 is 1.17 bits per heavy atom. The topological polar surface area (TPSA) is 75.7 Å². The van der Waals surface area contributed by atoms with Crippen LogP contribution in [0.25, 0.3) is 0 Å². The molecule has 0 aromatic heterocycles. The molecule has 6 nitrogen and oxygen atoms in total. The summed E-state index contributed by atoms with van der Waals surface area (Å²) < 4.78 is 31.0. The van der Waals surface area contributed by atoms with Gasteiger partial charge in [-0.2, -0.15) is 0 Å². The number of amides is 1. The Morgan fingerprint density at radius 2 is 1.83 bits per heavy atom. The van der Waals surface area contributed by atoms with Gasteiger partial charge in [0.15, 0.2) is 0 Å². The van der Waals surface area contributed by atoms with Crippen molar-refractivity contribution in [3.8, 4) is 5.75 Å². The molecule has 0 bridgehead atoms. The van der Waals surface area contributed by atoms with Gasteiger partial charge >= 0.3 is 0 Å². The Morgan fingerprint density at radius 3 is 2.40 bits per heavy atom. The van der Waals surface area contributed by atoms with E-state index in [0.717, 1.165) is 40.3 Å². The third-order valence-electron chi connectivity index (χ3n) is 4.39. The number of hydrogen-bond acceptors (Lipinski definition) is 4. The second-order valence-electron chi connectivity index (χ2n) is 7.47. The minimum absolute atomic E-state index is 0.133. The standard InChI is InChI=1S/C22H29ClN2O4S/c1-16(2)29-20-11-8-18(9-12-20)6-5-13-24-22(26)15-25(30(4,27)28)19-10-7-17(3)21(23)14-19/h7-12,14,16H,5-6,13,15H2,1-4H3,(H,24,26). The van der Waals surface area contributed by atoms with E-state index in [0.29, 0.717) is 17.3 Å². The number of rotatable bonds is 10. The van der Waals surface area contributed by atoms with E-state index in [2.05, 4.69) is 5.32 Å². The van der Waals surface area contributed by atoms with Crippen LogP contribution in [0.1, 0.15) is 31.4 Å². The molecule has 0 aliphatic rings. The molecule has 2 aromatic rings. The number of nitrogens with zero attached hydrogens (tertiary/aromatic N) is 1. The first-order chi connectivity index (χ1) is 14.1. The number of nitrogens with one attached hydrogen (secondary N) is 1. The average molecular weight is 453 g/mol. The smallest absolute Gasteiger partial charge is 0.240 e. The quantitative estimate of drug-likeness (QED) is 0.554. The molecule has 8 heteroatoms. The second kappa shape index (κ2) is 10.7. The number of carbonyl (C=O) groups is 1. The van der Waals surface area contributed by atoms with Crippen LogP contribution < -0.4 is 14.4 Å². The summed E-state index contributed by atoms with van der Waals surface area (Å²) in [4.78, 5) is 12.3. The van der Waals surface area contributed by atoms with E-state index in [1.807, 2.05) is 45.0 Å². The summed E-state index contributed by atoms with van der Waals surface area (Å²) in [6, 6.07) is 12.8. The van der Waals surface area contributed by atoms with Crippen molar-refractivity contribution >= 4 is 33.2 Å². The minimum Gasteiger partial charge on any atom is -0.491 e. The molecule has 2 aromatic carbocycles. The predicted octanol–water partition coefficient (Wildman–Crippen LogP) is 3.95. The molecule has 0 spiro atoms. The summed E-state index contributed by atoms with van der Waals surface area (Å²) in [6.07, 6.45) is 2.74. The van der Waals surface area contributed by atoms with Gasteiger partial charge in [0.05, 0.1) is 18.0 Å². The Balaban J connectivity index is 1.86. The molecule has 2 rings (SSSR count). The van der Waals surface area contributed by atoms with Crippen molar-refractivity contribution in [2.24, 2.45) is 0 Å². The van der Waals surface area contributed by atoms with Crippen LogP contribution >= 0.6 is 11.6 Å². The first-order valence-electron chi connectivity index (χ1n) is 9.82. The van der Waals surface area contributed by atoms with E-state index in [1.54, 1.807) is 18.2 Å². The molecule has 0 radical (unpaired) electrons. The van der Waals surface area contributed by atoms with Crippen LogP contribution in [0.15, 0.2) is 42.5 Å². The Bertz CT molecular complexity index is 960. The normalized spacial score (nSPS) is 11.4. The fourth-order valence-corrected chi connectivity index (χ4v) is 3.87. The van der Waals surface area contributed by atoms with Crippen LogP contribution in [0.2, 0.25) is 5.02 Å². The van der Waals surface area contributed by atoms with Gasteiger partial charge in [-0.1, -0.05) is 29.8 Å². The molecular weight excluding hydrogens is 424 g/mol. The van der Waals surface area contributed by atoms with Crippen molar-refractivity contribution in [3.05, 3.63) is 58.6 Å². The van der Waals surface area contributed by atoms with Crippen LogP contribution in [-0.2, 0) is 21.2 Å². The molecule has 1 amide bonds. The van der Waals surface area contributed by atoms with Gasteiger partial charge in [-0.15, -0.1) is 0 Å². The number of anilines is 1. The van der Waals surface area contributed by atoms with E-state index < -0.39 is 10.0 Å². The lowest BCUT2D eigenvalue weighted by Crippen LogP contribution is -2.40. The Labute approximate surface area is 184 Å². The second-order valence-corrected chi connectivity index (χ2v) is 9.78. The molecule has 0 atom stereocenters. The lowest BCUT2D eigenvalue weighted by atomic mass is 10.1. The van der Waals surface area contributed by atoms with Crippen molar-refractivity contribution in [1.82, 2.24) is 5.32 Å². The average Bonchev–Trinajstić information content (AvgIpc) is 2.65. The minimum atomic E-state index is -3.63. The largest absolute Gasteiger partial charge is 0.491 e. The summed E-state index contributed by atoms with van der Waals surface area (Å²) >= 11 is 6.11. The lowest BCUT2D eigenvalue weighted by Gasteiger charge is -2.22. The number of halogens is 1. The molecule has 1 N–H and O–H groups in total. The maximum atomic E-state index is 12.3. The fraction of sp³-hybridized carbons (Fsp3) is 0.409. The Hall–Kier alpha value is -2.25. The highest BCUT2D eigenvalue weighted by atomic mass is 35.5. The Kier molecular flexibility index (Phi) is 8.55. The molecule has 0 saturated carbocycles. The van der Waals surface area contributed by atoms with E-state index in [9.17, 15) is 13.2 Å². The number of aryl methyl sites for hydroxylation is 2. The number of benzene rings is 2. The van der Waals surface area contributed by atoms with E-state index in [-0.39, 0.29) is 18.6 Å². The van der Waals surface area contributed by atoms with Crippen LogP contribution in [0, 0.1) is 6.92 Å². The molecule has 0 aliphatic carbocycles. The van der Waals surface area contributed by atoms with Gasteiger partial charge in [0, 0.05) is 11.6 Å². The summed E-state index contributed by atoms with van der Waals surface area (Å²) in [5.74, 6) is 0.469.